The highest BCUT2D eigenvalue weighted by molar-refractivity contribution is 5.82. The average molecular weight is 411 g/mol. The summed E-state index contributed by atoms with van der Waals surface area (Å²) < 4.78 is 26.6. The molecule has 8 heteroatoms. The second-order valence-electron chi connectivity index (χ2n) is 7.44. The zero-order chi connectivity index (χ0) is 22.0. The maximum Gasteiger partial charge on any atom is 0.412 e. The zero-order valence-electron chi connectivity index (χ0n) is 18.4. The van der Waals surface area contributed by atoms with E-state index in [0.717, 1.165) is 5.56 Å². The molecule has 164 valence electrons. The first-order chi connectivity index (χ1) is 13.7. The van der Waals surface area contributed by atoms with Gasteiger partial charge in [-0.05, 0) is 44.9 Å². The summed E-state index contributed by atoms with van der Waals surface area (Å²) >= 11 is 0. The van der Waals surface area contributed by atoms with Crippen LogP contribution in [0.5, 0.6) is 11.5 Å². The highest BCUT2D eigenvalue weighted by Gasteiger charge is 2.34. The second kappa shape index (κ2) is 11.5. The van der Waals surface area contributed by atoms with Gasteiger partial charge in [0.25, 0.3) is 0 Å². The topological polar surface area (TPSA) is 83.5 Å². The van der Waals surface area contributed by atoms with Crippen molar-refractivity contribution in [1.82, 2.24) is 4.90 Å². The lowest BCUT2D eigenvalue weighted by Gasteiger charge is -2.32. The van der Waals surface area contributed by atoms with Crippen LogP contribution in [-0.4, -0.2) is 63.3 Å². The molecule has 1 amide bonds. The number of carbonyl (C=O) groups is 2. The quantitative estimate of drug-likeness (QED) is 0.431. The van der Waals surface area contributed by atoms with Crippen LogP contribution in [0, 0.1) is 0 Å². The van der Waals surface area contributed by atoms with Crippen molar-refractivity contribution in [2.24, 2.45) is 0 Å². The average Bonchev–Trinajstić information content (AvgIpc) is 2.67. The minimum atomic E-state index is -0.922. The third kappa shape index (κ3) is 7.81. The van der Waals surface area contributed by atoms with Crippen molar-refractivity contribution in [2.45, 2.75) is 52.2 Å². The van der Waals surface area contributed by atoms with Crippen LogP contribution in [0.2, 0.25) is 0 Å². The molecular formula is C21H33NO7. The summed E-state index contributed by atoms with van der Waals surface area (Å²) in [6, 6.07) is 4.39. The maximum atomic E-state index is 12.8. The Morgan fingerprint density at radius 2 is 1.72 bits per heavy atom. The third-order valence-corrected chi connectivity index (χ3v) is 3.87. The van der Waals surface area contributed by atoms with Crippen molar-refractivity contribution in [2.75, 3.05) is 34.7 Å². The van der Waals surface area contributed by atoms with Crippen molar-refractivity contribution in [3.8, 4) is 11.5 Å². The zero-order valence-corrected chi connectivity index (χ0v) is 18.4. The lowest BCUT2D eigenvalue weighted by atomic mass is 10.0. The molecule has 8 nitrogen and oxygen atoms in total. The molecule has 29 heavy (non-hydrogen) atoms. The standard InChI is InChI=1S/C21H33NO7/c1-8-11-28-19(23)16(22(14-25-5)20(24)29-21(2,3)4)12-15-9-10-17(26-6)18(13-15)27-7/h9-10,13,16H,8,11-12,14H2,1-7H3/t16-/m0/s1. The summed E-state index contributed by atoms with van der Waals surface area (Å²) in [5, 5.41) is 0. The van der Waals surface area contributed by atoms with Gasteiger partial charge in [0.15, 0.2) is 11.5 Å². The lowest BCUT2D eigenvalue weighted by molar-refractivity contribution is -0.151. The molecule has 0 heterocycles. The van der Waals surface area contributed by atoms with Gasteiger partial charge in [-0.2, -0.15) is 0 Å². The number of nitrogens with zero attached hydrogens (tertiary/aromatic N) is 1. The molecule has 0 aliphatic carbocycles. The first-order valence-electron chi connectivity index (χ1n) is 9.52. The number of benzene rings is 1. The van der Waals surface area contributed by atoms with E-state index in [4.69, 9.17) is 23.7 Å². The molecule has 1 aromatic rings. The smallest absolute Gasteiger partial charge is 0.412 e. The Morgan fingerprint density at radius 3 is 2.24 bits per heavy atom. The van der Waals surface area contributed by atoms with Crippen LogP contribution in [0.15, 0.2) is 18.2 Å². The number of amides is 1. The van der Waals surface area contributed by atoms with Crippen LogP contribution in [-0.2, 0) is 25.4 Å². The first kappa shape index (κ1) is 24.6. The van der Waals surface area contributed by atoms with Crippen LogP contribution in [0.25, 0.3) is 0 Å². The molecule has 0 saturated heterocycles. The third-order valence-electron chi connectivity index (χ3n) is 3.87. The Balaban J connectivity index is 3.22. The number of hydrogen-bond donors (Lipinski definition) is 0. The summed E-state index contributed by atoms with van der Waals surface area (Å²) in [6.45, 7) is 7.32. The molecule has 0 bridgehead atoms. The molecule has 0 aliphatic rings. The molecule has 0 fully saturated rings. The van der Waals surface area contributed by atoms with E-state index in [2.05, 4.69) is 0 Å². The van der Waals surface area contributed by atoms with E-state index in [1.165, 1.54) is 19.1 Å². The van der Waals surface area contributed by atoms with Gasteiger partial charge in [-0.15, -0.1) is 0 Å². The fourth-order valence-corrected chi connectivity index (χ4v) is 2.58. The molecule has 0 unspecified atom stereocenters. The SMILES string of the molecule is CCCOC(=O)[C@H](Cc1ccc(OC)c(OC)c1)N(COC)C(=O)OC(C)(C)C. The molecule has 1 atom stereocenters. The Bertz CT molecular complexity index is 669. The van der Waals surface area contributed by atoms with E-state index in [1.54, 1.807) is 40.0 Å². The number of carbonyl (C=O) groups excluding carboxylic acids is 2. The molecule has 0 spiro atoms. The van der Waals surface area contributed by atoms with Crippen LogP contribution < -0.4 is 9.47 Å². The van der Waals surface area contributed by atoms with Gasteiger partial charge in [-0.25, -0.2) is 9.59 Å². The van der Waals surface area contributed by atoms with Crippen molar-refractivity contribution >= 4 is 12.1 Å². The van der Waals surface area contributed by atoms with Crippen molar-refractivity contribution in [3.63, 3.8) is 0 Å². The van der Waals surface area contributed by atoms with Crippen LogP contribution in [0.4, 0.5) is 4.79 Å². The van der Waals surface area contributed by atoms with E-state index >= 15 is 0 Å². The maximum absolute atomic E-state index is 12.8. The fraction of sp³-hybridized carbons (Fsp3) is 0.619. The van der Waals surface area contributed by atoms with Gasteiger partial charge in [-0.1, -0.05) is 13.0 Å². The van der Waals surface area contributed by atoms with Crippen molar-refractivity contribution < 1.29 is 33.3 Å². The number of ether oxygens (including phenoxy) is 5. The summed E-state index contributed by atoms with van der Waals surface area (Å²) in [4.78, 5) is 26.8. The molecule has 0 radical (unpaired) electrons. The highest BCUT2D eigenvalue weighted by atomic mass is 16.6. The van der Waals surface area contributed by atoms with Gasteiger partial charge in [0.1, 0.15) is 18.4 Å². The van der Waals surface area contributed by atoms with Gasteiger partial charge in [0.2, 0.25) is 0 Å². The van der Waals surface area contributed by atoms with Crippen LogP contribution in [0.1, 0.15) is 39.7 Å². The molecule has 0 saturated carbocycles. The van der Waals surface area contributed by atoms with Crippen LogP contribution in [0.3, 0.4) is 0 Å². The summed E-state index contributed by atoms with van der Waals surface area (Å²) in [7, 11) is 4.53. The van der Waals surface area contributed by atoms with E-state index in [0.29, 0.717) is 17.9 Å². The summed E-state index contributed by atoms with van der Waals surface area (Å²) in [5.41, 5.74) is 0.0512. The van der Waals surface area contributed by atoms with E-state index in [1.807, 2.05) is 13.0 Å². The number of esters is 1. The molecule has 1 rings (SSSR count). The molecule has 0 aliphatic heterocycles. The summed E-state index contributed by atoms with van der Waals surface area (Å²) in [5.74, 6) is 0.577. The first-order valence-corrected chi connectivity index (χ1v) is 9.52. The molecule has 0 N–H and O–H groups in total. The fourth-order valence-electron chi connectivity index (χ4n) is 2.58. The van der Waals surface area contributed by atoms with Gasteiger partial charge >= 0.3 is 12.1 Å². The Labute approximate surface area is 173 Å². The Hall–Kier alpha value is -2.48. The minimum absolute atomic E-state index is 0.117. The Kier molecular flexibility index (Phi) is 9.74. The number of rotatable bonds is 10. The predicted molar refractivity (Wildman–Crippen MR) is 108 cm³/mol. The largest absolute Gasteiger partial charge is 0.493 e. The second-order valence-corrected chi connectivity index (χ2v) is 7.44. The summed E-state index contributed by atoms with van der Waals surface area (Å²) in [6.07, 6.45) is 0.218. The van der Waals surface area contributed by atoms with Crippen molar-refractivity contribution in [1.29, 1.82) is 0 Å². The van der Waals surface area contributed by atoms with E-state index in [9.17, 15) is 9.59 Å². The highest BCUT2D eigenvalue weighted by Crippen LogP contribution is 2.28. The van der Waals surface area contributed by atoms with Gasteiger partial charge in [-0.3, -0.25) is 4.90 Å². The lowest BCUT2D eigenvalue weighted by Crippen LogP contribution is -2.49. The number of hydrogen-bond acceptors (Lipinski definition) is 7. The van der Waals surface area contributed by atoms with Gasteiger partial charge < -0.3 is 23.7 Å². The molecule has 1 aromatic carbocycles. The van der Waals surface area contributed by atoms with E-state index < -0.39 is 23.7 Å². The monoisotopic (exact) mass is 411 g/mol. The molecular weight excluding hydrogens is 378 g/mol. The minimum Gasteiger partial charge on any atom is -0.493 e. The Morgan fingerprint density at radius 1 is 1.07 bits per heavy atom. The van der Waals surface area contributed by atoms with Crippen LogP contribution >= 0.6 is 0 Å². The molecule has 0 aromatic heterocycles. The normalized spacial score (nSPS) is 12.1. The van der Waals surface area contributed by atoms with E-state index in [-0.39, 0.29) is 19.8 Å². The van der Waals surface area contributed by atoms with Crippen molar-refractivity contribution in [3.05, 3.63) is 23.8 Å². The van der Waals surface area contributed by atoms with Gasteiger partial charge in [0, 0.05) is 13.5 Å². The van der Waals surface area contributed by atoms with Gasteiger partial charge in [0.05, 0.1) is 20.8 Å². The predicted octanol–water partition coefficient (Wildman–Crippen LogP) is 3.41. The number of methoxy groups -OCH3 is 3.